The molecule has 9 atom stereocenters. The van der Waals surface area contributed by atoms with Gasteiger partial charge in [-0.1, -0.05) is 40.2 Å². The van der Waals surface area contributed by atoms with Gasteiger partial charge in [0, 0.05) is 25.0 Å². The zero-order chi connectivity index (χ0) is 24.9. The Balaban J connectivity index is 1.63. The number of aliphatic hydroxyl groups excluding tert-OH is 2. The topological polar surface area (TPSA) is 66.8 Å². The third-order valence-electron chi connectivity index (χ3n) is 12.9. The summed E-state index contributed by atoms with van der Waals surface area (Å²) in [7, 11) is 1.73. The summed E-state index contributed by atoms with van der Waals surface area (Å²) in [6, 6.07) is 0. The van der Waals surface area contributed by atoms with Crippen LogP contribution in [0.5, 0.6) is 0 Å². The summed E-state index contributed by atoms with van der Waals surface area (Å²) in [5.41, 5.74) is 0.607. The van der Waals surface area contributed by atoms with Gasteiger partial charge in [-0.15, -0.1) is 0 Å². The van der Waals surface area contributed by atoms with E-state index in [1.165, 1.54) is 5.57 Å². The second-order valence-corrected chi connectivity index (χ2v) is 14.7. The predicted molar refractivity (Wildman–Crippen MR) is 134 cm³/mol. The molecule has 0 spiro atoms. The molecule has 0 unspecified atom stereocenters. The molecule has 4 nitrogen and oxygen atoms in total. The molecular weight excluding hydrogens is 424 g/mol. The first-order valence-electron chi connectivity index (χ1n) is 13.8. The van der Waals surface area contributed by atoms with Gasteiger partial charge in [0.15, 0.2) is 5.78 Å². The first kappa shape index (κ1) is 25.0. The Morgan fingerprint density at radius 1 is 0.971 bits per heavy atom. The van der Waals surface area contributed by atoms with Gasteiger partial charge < -0.3 is 14.9 Å². The van der Waals surface area contributed by atoms with Crippen molar-refractivity contribution in [3.8, 4) is 0 Å². The second kappa shape index (κ2) is 7.42. The van der Waals surface area contributed by atoms with Crippen LogP contribution in [0.3, 0.4) is 0 Å². The van der Waals surface area contributed by atoms with E-state index in [1.807, 2.05) is 0 Å². The lowest BCUT2D eigenvalue weighted by Crippen LogP contribution is -2.69. The number of fused-ring (bicyclic) bond motifs is 7. The molecule has 5 aliphatic carbocycles. The lowest BCUT2D eigenvalue weighted by Gasteiger charge is -2.70. The molecule has 34 heavy (non-hydrogen) atoms. The normalized spacial score (nSPS) is 54.3. The van der Waals surface area contributed by atoms with Crippen LogP contribution >= 0.6 is 0 Å². The van der Waals surface area contributed by atoms with Crippen LogP contribution in [0, 0.1) is 44.8 Å². The van der Waals surface area contributed by atoms with E-state index in [9.17, 15) is 15.0 Å². The molecule has 0 radical (unpaired) electrons. The molecule has 0 heterocycles. The SMILES string of the molecule is CO[C@@]1(C)[C@@H]2CC[C@]3(C)[C@H](C(=O)C=C4[C@@H]5CC(C)(C)CC[C@]5(CO)CC[C@]43C)[C@@]2(C)CC[C@@H]1O. The van der Waals surface area contributed by atoms with E-state index in [0.29, 0.717) is 18.1 Å². The smallest absolute Gasteiger partial charge is 0.159 e. The van der Waals surface area contributed by atoms with Gasteiger partial charge in [-0.2, -0.15) is 0 Å². The van der Waals surface area contributed by atoms with Gasteiger partial charge in [-0.25, -0.2) is 0 Å². The molecule has 0 aliphatic heterocycles. The van der Waals surface area contributed by atoms with Crippen LogP contribution in [0.4, 0.5) is 0 Å². The van der Waals surface area contributed by atoms with Crippen LogP contribution in [0.25, 0.3) is 0 Å². The zero-order valence-electron chi connectivity index (χ0n) is 22.7. The molecule has 5 rings (SSSR count). The van der Waals surface area contributed by atoms with Gasteiger partial charge in [0.2, 0.25) is 0 Å². The minimum absolute atomic E-state index is 0.0319. The lowest BCUT2D eigenvalue weighted by molar-refractivity contribution is -0.238. The van der Waals surface area contributed by atoms with Crippen LogP contribution in [0.2, 0.25) is 0 Å². The molecule has 4 heteroatoms. The van der Waals surface area contributed by atoms with Crippen LogP contribution < -0.4 is 0 Å². The van der Waals surface area contributed by atoms with Crippen molar-refractivity contribution >= 4 is 5.78 Å². The van der Waals surface area contributed by atoms with E-state index >= 15 is 0 Å². The van der Waals surface area contributed by atoms with E-state index < -0.39 is 11.7 Å². The Morgan fingerprint density at radius 2 is 1.65 bits per heavy atom. The fourth-order valence-electron chi connectivity index (χ4n) is 10.4. The Hall–Kier alpha value is -0.710. The summed E-state index contributed by atoms with van der Waals surface area (Å²) in [5, 5.41) is 21.6. The van der Waals surface area contributed by atoms with Gasteiger partial charge >= 0.3 is 0 Å². The van der Waals surface area contributed by atoms with Crippen molar-refractivity contribution in [3.05, 3.63) is 11.6 Å². The molecule has 0 aromatic carbocycles. The standard InChI is InChI=1S/C30H48O4/c1-25(2)12-14-30(18-31)15-13-27(4)19(20(30)17-25)16-21(32)24-26(3)10-9-23(33)29(6,34-7)22(26)8-11-28(24,27)5/h16,20,22-24,31,33H,8-15,17-18H2,1-7H3/t20-,22+,23-,24+,26-,27+,28+,29-,30+/m0/s1. The fourth-order valence-corrected chi connectivity index (χ4v) is 10.4. The fraction of sp³-hybridized carbons (Fsp3) is 0.900. The average molecular weight is 473 g/mol. The van der Waals surface area contributed by atoms with E-state index in [4.69, 9.17) is 4.74 Å². The number of allylic oxidation sites excluding steroid dienone is 2. The van der Waals surface area contributed by atoms with E-state index in [2.05, 4.69) is 47.6 Å². The maximum absolute atomic E-state index is 14.3. The summed E-state index contributed by atoms with van der Waals surface area (Å²) in [4.78, 5) is 14.3. The highest BCUT2D eigenvalue weighted by Crippen LogP contribution is 2.74. The van der Waals surface area contributed by atoms with Crippen molar-refractivity contribution in [3.63, 3.8) is 0 Å². The maximum Gasteiger partial charge on any atom is 0.159 e. The summed E-state index contributed by atoms with van der Waals surface area (Å²) >= 11 is 0. The van der Waals surface area contributed by atoms with Crippen molar-refractivity contribution in [1.82, 2.24) is 0 Å². The van der Waals surface area contributed by atoms with Crippen LogP contribution in [0.15, 0.2) is 11.6 Å². The molecule has 4 fully saturated rings. The number of hydrogen-bond donors (Lipinski definition) is 2. The Bertz CT molecular complexity index is 907. The summed E-state index contributed by atoms with van der Waals surface area (Å²) in [6.07, 6.45) is 10.5. The molecule has 4 saturated carbocycles. The Morgan fingerprint density at radius 3 is 2.29 bits per heavy atom. The highest BCUT2D eigenvalue weighted by atomic mass is 16.5. The third-order valence-corrected chi connectivity index (χ3v) is 12.9. The number of hydrogen-bond acceptors (Lipinski definition) is 4. The van der Waals surface area contributed by atoms with Gasteiger partial charge in [-0.3, -0.25) is 4.79 Å². The summed E-state index contributed by atoms with van der Waals surface area (Å²) < 4.78 is 6.02. The van der Waals surface area contributed by atoms with Crippen molar-refractivity contribution in [2.75, 3.05) is 13.7 Å². The molecule has 2 N–H and O–H groups in total. The number of carbonyl (C=O) groups is 1. The number of rotatable bonds is 2. The highest BCUT2D eigenvalue weighted by Gasteiger charge is 2.71. The Kier molecular flexibility index (Phi) is 5.44. The van der Waals surface area contributed by atoms with Gasteiger partial charge in [0.1, 0.15) is 0 Å². The monoisotopic (exact) mass is 472 g/mol. The maximum atomic E-state index is 14.3. The van der Waals surface area contributed by atoms with Gasteiger partial charge in [0.05, 0.1) is 11.7 Å². The summed E-state index contributed by atoms with van der Waals surface area (Å²) in [5.74, 6) is 0.717. The van der Waals surface area contributed by atoms with Crippen LogP contribution in [-0.2, 0) is 9.53 Å². The first-order chi connectivity index (χ1) is 15.7. The second-order valence-electron chi connectivity index (χ2n) is 14.7. The zero-order valence-corrected chi connectivity index (χ0v) is 22.7. The quantitative estimate of drug-likeness (QED) is 0.541. The molecule has 0 amide bonds. The first-order valence-corrected chi connectivity index (χ1v) is 13.8. The number of methoxy groups -OCH3 is 1. The summed E-state index contributed by atoms with van der Waals surface area (Å²) in [6.45, 7) is 14.2. The van der Waals surface area contributed by atoms with E-state index in [1.54, 1.807) is 7.11 Å². The minimum Gasteiger partial charge on any atom is -0.396 e. The molecule has 0 bridgehead atoms. The highest BCUT2D eigenvalue weighted by molar-refractivity contribution is 5.95. The van der Waals surface area contributed by atoms with E-state index in [0.717, 1.165) is 51.4 Å². The molecule has 0 aromatic rings. The molecule has 5 aliphatic rings. The number of carbonyl (C=O) groups excluding carboxylic acids is 1. The predicted octanol–water partition coefficient (Wildman–Crippen LogP) is 5.70. The minimum atomic E-state index is -0.606. The average Bonchev–Trinajstić information content (AvgIpc) is 2.77. The molecule has 192 valence electrons. The van der Waals surface area contributed by atoms with Crippen LogP contribution in [-0.4, -0.2) is 41.4 Å². The molecule has 0 aromatic heterocycles. The van der Waals surface area contributed by atoms with Crippen molar-refractivity contribution in [2.45, 2.75) is 111 Å². The number of ketones is 1. The van der Waals surface area contributed by atoms with E-state index in [-0.39, 0.29) is 45.5 Å². The van der Waals surface area contributed by atoms with Crippen molar-refractivity contribution < 1.29 is 19.7 Å². The number of aliphatic hydroxyl groups is 2. The van der Waals surface area contributed by atoms with Crippen LogP contribution in [0.1, 0.15) is 99.3 Å². The molecular formula is C30H48O4. The molecule has 0 saturated heterocycles. The lowest BCUT2D eigenvalue weighted by atomic mass is 9.34. The van der Waals surface area contributed by atoms with Crippen molar-refractivity contribution in [1.29, 1.82) is 0 Å². The van der Waals surface area contributed by atoms with Gasteiger partial charge in [-0.05, 0) is 104 Å². The van der Waals surface area contributed by atoms with Crippen molar-refractivity contribution in [2.24, 2.45) is 44.8 Å². The van der Waals surface area contributed by atoms with Gasteiger partial charge in [0.25, 0.3) is 0 Å². The largest absolute Gasteiger partial charge is 0.396 e. The third kappa shape index (κ3) is 2.91. The number of ether oxygens (including phenoxy) is 1. The Labute approximate surface area is 206 Å².